The molecule has 1 N–H and O–H groups in total. The lowest BCUT2D eigenvalue weighted by atomic mass is 10.2. The summed E-state index contributed by atoms with van der Waals surface area (Å²) in [6.07, 6.45) is 2.12. The van der Waals surface area contributed by atoms with Gasteiger partial charge in [0.15, 0.2) is 6.61 Å². The number of nitrogens with one attached hydrogen (secondary N) is 1. The molecule has 2 aromatic carbocycles. The van der Waals surface area contributed by atoms with Crippen LogP contribution in [0.1, 0.15) is 12.8 Å². The van der Waals surface area contributed by atoms with Crippen LogP contribution >= 0.6 is 0 Å². The van der Waals surface area contributed by atoms with Gasteiger partial charge in [-0.3, -0.25) is 4.79 Å². The third kappa shape index (κ3) is 4.37. The van der Waals surface area contributed by atoms with E-state index in [0.29, 0.717) is 29.6 Å². The fourth-order valence-corrected chi connectivity index (χ4v) is 3.03. The molecule has 4 rings (SSSR count). The minimum atomic E-state index is -0.194. The second-order valence-electron chi connectivity index (χ2n) is 6.50. The summed E-state index contributed by atoms with van der Waals surface area (Å²) >= 11 is 0. The molecule has 1 aliphatic heterocycles. The van der Waals surface area contributed by atoms with E-state index in [1.54, 1.807) is 6.07 Å². The minimum Gasteiger partial charge on any atom is -0.483 e. The van der Waals surface area contributed by atoms with Crippen LogP contribution in [0.15, 0.2) is 59.0 Å². The number of para-hydroxylation sites is 1. The van der Waals surface area contributed by atoms with Crippen LogP contribution in [0, 0.1) is 0 Å². The normalized spacial score (nSPS) is 16.1. The molecule has 28 heavy (non-hydrogen) atoms. The Labute approximate surface area is 162 Å². The van der Waals surface area contributed by atoms with Crippen LogP contribution in [-0.4, -0.2) is 42.0 Å². The summed E-state index contributed by atoms with van der Waals surface area (Å²) < 4.78 is 17.0. The summed E-state index contributed by atoms with van der Waals surface area (Å²) in [5.74, 6) is 1.09. The van der Waals surface area contributed by atoms with E-state index >= 15 is 0 Å². The lowest BCUT2D eigenvalue weighted by molar-refractivity contribution is -0.123. The molecular weight excluding hydrogens is 358 g/mol. The lowest BCUT2D eigenvalue weighted by Crippen LogP contribution is -2.35. The van der Waals surface area contributed by atoms with Gasteiger partial charge in [-0.1, -0.05) is 30.3 Å². The summed E-state index contributed by atoms with van der Waals surface area (Å²) in [6.45, 7) is 1.18. The van der Waals surface area contributed by atoms with Crippen molar-refractivity contribution in [1.29, 1.82) is 0 Å². The van der Waals surface area contributed by atoms with E-state index in [0.717, 1.165) is 25.0 Å². The van der Waals surface area contributed by atoms with Crippen LogP contribution < -0.4 is 10.1 Å². The van der Waals surface area contributed by atoms with Gasteiger partial charge in [0.1, 0.15) is 5.75 Å². The molecule has 0 radical (unpaired) electrons. The standard InChI is InChI=1S/C21H21N3O4/c25-19(22-13-16-9-6-12-26-16)14-27-18-11-5-4-10-17(18)21-24-23-20(28-21)15-7-2-1-3-8-15/h1-5,7-8,10-11,16H,6,9,12-14H2,(H,22,25). The Morgan fingerprint density at radius 1 is 1.07 bits per heavy atom. The Morgan fingerprint density at radius 3 is 2.68 bits per heavy atom. The van der Waals surface area contributed by atoms with Gasteiger partial charge in [-0.25, -0.2) is 0 Å². The molecule has 1 fully saturated rings. The van der Waals surface area contributed by atoms with Gasteiger partial charge in [-0.2, -0.15) is 0 Å². The van der Waals surface area contributed by atoms with Gasteiger partial charge in [-0.15, -0.1) is 10.2 Å². The lowest BCUT2D eigenvalue weighted by Gasteiger charge is -2.12. The Hall–Kier alpha value is -3.19. The van der Waals surface area contributed by atoms with E-state index in [-0.39, 0.29) is 18.6 Å². The van der Waals surface area contributed by atoms with E-state index in [4.69, 9.17) is 13.9 Å². The van der Waals surface area contributed by atoms with Gasteiger partial charge < -0.3 is 19.2 Å². The van der Waals surface area contributed by atoms with Crippen molar-refractivity contribution in [1.82, 2.24) is 15.5 Å². The van der Waals surface area contributed by atoms with Crippen LogP contribution in [0.2, 0.25) is 0 Å². The second-order valence-corrected chi connectivity index (χ2v) is 6.50. The van der Waals surface area contributed by atoms with Crippen molar-refractivity contribution in [2.75, 3.05) is 19.8 Å². The Kier molecular flexibility index (Phi) is 5.63. The number of amides is 1. The number of carbonyl (C=O) groups excluding carboxylic acids is 1. The second kappa shape index (κ2) is 8.67. The first-order valence-corrected chi connectivity index (χ1v) is 9.29. The molecule has 1 aromatic heterocycles. The molecule has 7 heteroatoms. The maximum atomic E-state index is 12.1. The maximum Gasteiger partial charge on any atom is 0.258 e. The fraction of sp³-hybridized carbons (Fsp3) is 0.286. The van der Waals surface area contributed by atoms with Crippen molar-refractivity contribution in [3.05, 3.63) is 54.6 Å². The van der Waals surface area contributed by atoms with Crippen molar-refractivity contribution in [2.24, 2.45) is 0 Å². The molecule has 0 aliphatic carbocycles. The molecule has 144 valence electrons. The first kappa shape index (κ1) is 18.2. The van der Waals surface area contributed by atoms with Crippen LogP contribution in [0.4, 0.5) is 0 Å². The van der Waals surface area contributed by atoms with E-state index < -0.39 is 0 Å². The number of benzene rings is 2. The molecule has 2 heterocycles. The monoisotopic (exact) mass is 379 g/mol. The third-order valence-corrected chi connectivity index (χ3v) is 4.47. The van der Waals surface area contributed by atoms with E-state index in [1.165, 1.54) is 0 Å². The van der Waals surface area contributed by atoms with Crippen molar-refractivity contribution in [2.45, 2.75) is 18.9 Å². The van der Waals surface area contributed by atoms with Gasteiger partial charge in [0.05, 0.1) is 11.7 Å². The predicted molar refractivity (Wildman–Crippen MR) is 103 cm³/mol. The largest absolute Gasteiger partial charge is 0.483 e. The molecule has 7 nitrogen and oxygen atoms in total. The zero-order valence-electron chi connectivity index (χ0n) is 15.3. The average molecular weight is 379 g/mol. The van der Waals surface area contributed by atoms with E-state index in [1.807, 2.05) is 48.5 Å². The molecular formula is C21H21N3O4. The summed E-state index contributed by atoms with van der Waals surface area (Å²) in [5.41, 5.74) is 1.48. The van der Waals surface area contributed by atoms with Crippen LogP contribution in [0.5, 0.6) is 5.75 Å². The third-order valence-electron chi connectivity index (χ3n) is 4.47. The average Bonchev–Trinajstić information content (AvgIpc) is 3.44. The summed E-state index contributed by atoms with van der Waals surface area (Å²) in [7, 11) is 0. The molecule has 0 saturated carbocycles. The van der Waals surface area contributed by atoms with Gasteiger partial charge in [0, 0.05) is 18.7 Å². The zero-order chi connectivity index (χ0) is 19.2. The van der Waals surface area contributed by atoms with Gasteiger partial charge >= 0.3 is 0 Å². The van der Waals surface area contributed by atoms with E-state index in [9.17, 15) is 4.79 Å². The number of carbonyl (C=O) groups is 1. The van der Waals surface area contributed by atoms with E-state index in [2.05, 4.69) is 15.5 Å². The molecule has 1 unspecified atom stereocenters. The molecule has 0 spiro atoms. The first-order chi connectivity index (χ1) is 13.8. The number of aromatic nitrogens is 2. The van der Waals surface area contributed by atoms with Gasteiger partial charge in [0.25, 0.3) is 11.8 Å². The van der Waals surface area contributed by atoms with Crippen LogP contribution in [0.25, 0.3) is 22.9 Å². The summed E-state index contributed by atoms with van der Waals surface area (Å²) in [4.78, 5) is 12.1. The molecule has 1 saturated heterocycles. The SMILES string of the molecule is O=C(COc1ccccc1-c1nnc(-c2ccccc2)o1)NCC1CCCO1. The summed E-state index contributed by atoms with van der Waals surface area (Å²) in [5, 5.41) is 11.1. The fourth-order valence-electron chi connectivity index (χ4n) is 3.03. The molecule has 3 aromatic rings. The Morgan fingerprint density at radius 2 is 1.86 bits per heavy atom. The maximum absolute atomic E-state index is 12.1. The van der Waals surface area contributed by atoms with Crippen molar-refractivity contribution >= 4 is 5.91 Å². The first-order valence-electron chi connectivity index (χ1n) is 9.29. The molecule has 1 amide bonds. The predicted octanol–water partition coefficient (Wildman–Crippen LogP) is 3.08. The van der Waals surface area contributed by atoms with Crippen LogP contribution in [0.3, 0.4) is 0 Å². The number of hydrogen-bond donors (Lipinski definition) is 1. The number of nitrogens with zero attached hydrogens (tertiary/aromatic N) is 2. The zero-order valence-corrected chi connectivity index (χ0v) is 15.3. The van der Waals surface area contributed by atoms with Crippen molar-refractivity contribution in [3.63, 3.8) is 0 Å². The Balaban J connectivity index is 1.41. The number of hydrogen-bond acceptors (Lipinski definition) is 6. The molecule has 1 atom stereocenters. The summed E-state index contributed by atoms with van der Waals surface area (Å²) in [6, 6.07) is 16.8. The number of ether oxygens (including phenoxy) is 2. The smallest absolute Gasteiger partial charge is 0.258 e. The Bertz CT molecular complexity index is 920. The topological polar surface area (TPSA) is 86.5 Å². The number of rotatable bonds is 7. The highest BCUT2D eigenvalue weighted by Gasteiger charge is 2.18. The highest BCUT2D eigenvalue weighted by Crippen LogP contribution is 2.30. The van der Waals surface area contributed by atoms with Gasteiger partial charge in [-0.05, 0) is 37.1 Å². The van der Waals surface area contributed by atoms with Gasteiger partial charge in [0.2, 0.25) is 5.89 Å². The van der Waals surface area contributed by atoms with Crippen LogP contribution in [-0.2, 0) is 9.53 Å². The molecule has 0 bridgehead atoms. The van der Waals surface area contributed by atoms with Crippen molar-refractivity contribution < 1.29 is 18.7 Å². The molecule has 1 aliphatic rings. The quantitative estimate of drug-likeness (QED) is 0.679. The minimum absolute atomic E-state index is 0.0938. The highest BCUT2D eigenvalue weighted by atomic mass is 16.5. The van der Waals surface area contributed by atoms with Crippen molar-refractivity contribution in [3.8, 4) is 28.7 Å². The highest BCUT2D eigenvalue weighted by molar-refractivity contribution is 5.78.